The molecule has 0 fully saturated rings. The van der Waals surface area contributed by atoms with Crippen molar-refractivity contribution in [2.75, 3.05) is 11.9 Å². The third kappa shape index (κ3) is 4.00. The van der Waals surface area contributed by atoms with Crippen molar-refractivity contribution >= 4 is 29.1 Å². The Labute approximate surface area is 126 Å². The van der Waals surface area contributed by atoms with Crippen LogP contribution in [0.2, 0.25) is 5.15 Å². The molecule has 21 heavy (non-hydrogen) atoms. The number of nitrogens with zero attached hydrogens (tertiary/aromatic N) is 2. The SMILES string of the molecule is CCNC(=O)c1ccc(NC(=O)c2cnc(Cl)cn2)cc1. The summed E-state index contributed by atoms with van der Waals surface area (Å²) in [6, 6.07) is 6.56. The summed E-state index contributed by atoms with van der Waals surface area (Å²) >= 11 is 5.61. The summed E-state index contributed by atoms with van der Waals surface area (Å²) in [4.78, 5) is 31.2. The molecule has 0 spiro atoms. The van der Waals surface area contributed by atoms with Crippen LogP contribution in [0.3, 0.4) is 0 Å². The molecule has 0 radical (unpaired) electrons. The molecular weight excluding hydrogens is 292 g/mol. The fourth-order valence-corrected chi connectivity index (χ4v) is 1.69. The van der Waals surface area contributed by atoms with Crippen molar-refractivity contribution in [1.82, 2.24) is 15.3 Å². The predicted octanol–water partition coefficient (Wildman–Crippen LogP) is 2.13. The van der Waals surface area contributed by atoms with Crippen LogP contribution in [0.4, 0.5) is 5.69 Å². The third-order valence-corrected chi connectivity index (χ3v) is 2.79. The van der Waals surface area contributed by atoms with Crippen LogP contribution >= 0.6 is 11.6 Å². The number of benzene rings is 1. The second kappa shape index (κ2) is 6.81. The van der Waals surface area contributed by atoms with Crippen LogP contribution in [-0.2, 0) is 0 Å². The first-order valence-electron chi connectivity index (χ1n) is 6.27. The number of amides is 2. The lowest BCUT2D eigenvalue weighted by molar-refractivity contribution is 0.0955. The summed E-state index contributed by atoms with van der Waals surface area (Å²) in [5.41, 5.74) is 1.25. The van der Waals surface area contributed by atoms with Gasteiger partial charge in [-0.25, -0.2) is 9.97 Å². The highest BCUT2D eigenvalue weighted by Crippen LogP contribution is 2.11. The van der Waals surface area contributed by atoms with Gasteiger partial charge >= 0.3 is 0 Å². The molecule has 0 saturated heterocycles. The number of rotatable bonds is 4. The Hall–Kier alpha value is -2.47. The van der Waals surface area contributed by atoms with Gasteiger partial charge < -0.3 is 10.6 Å². The molecular formula is C14H13ClN4O2. The monoisotopic (exact) mass is 304 g/mol. The topological polar surface area (TPSA) is 84.0 Å². The molecule has 0 saturated carbocycles. The third-order valence-electron chi connectivity index (χ3n) is 2.60. The Morgan fingerprint density at radius 1 is 1.10 bits per heavy atom. The molecule has 2 aromatic rings. The summed E-state index contributed by atoms with van der Waals surface area (Å²) in [6.07, 6.45) is 2.59. The second-order valence-corrected chi connectivity index (χ2v) is 4.50. The quantitative estimate of drug-likeness (QED) is 0.906. The number of carbonyl (C=O) groups excluding carboxylic acids is 2. The molecule has 0 aliphatic heterocycles. The van der Waals surface area contributed by atoms with Crippen molar-refractivity contribution in [2.45, 2.75) is 6.92 Å². The maximum Gasteiger partial charge on any atom is 0.275 e. The van der Waals surface area contributed by atoms with E-state index in [-0.39, 0.29) is 16.8 Å². The van der Waals surface area contributed by atoms with Crippen molar-refractivity contribution in [1.29, 1.82) is 0 Å². The summed E-state index contributed by atoms with van der Waals surface area (Å²) < 4.78 is 0. The van der Waals surface area contributed by atoms with Gasteiger partial charge in [-0.05, 0) is 31.2 Å². The summed E-state index contributed by atoms with van der Waals surface area (Å²) in [7, 11) is 0. The molecule has 108 valence electrons. The van der Waals surface area contributed by atoms with E-state index in [1.54, 1.807) is 24.3 Å². The highest BCUT2D eigenvalue weighted by atomic mass is 35.5. The minimum atomic E-state index is -0.398. The van der Waals surface area contributed by atoms with Crippen molar-refractivity contribution in [3.8, 4) is 0 Å². The summed E-state index contributed by atoms with van der Waals surface area (Å²) in [5, 5.41) is 5.58. The zero-order chi connectivity index (χ0) is 15.2. The number of anilines is 1. The standard InChI is InChI=1S/C14H13ClN4O2/c1-2-16-13(20)9-3-5-10(6-4-9)19-14(21)11-7-18-12(15)8-17-11/h3-8H,2H2,1H3,(H,16,20)(H,19,21). The van der Waals surface area contributed by atoms with Gasteiger partial charge in [-0.1, -0.05) is 11.6 Å². The lowest BCUT2D eigenvalue weighted by Gasteiger charge is -2.06. The number of nitrogens with one attached hydrogen (secondary N) is 2. The Kier molecular flexibility index (Phi) is 4.84. The van der Waals surface area contributed by atoms with E-state index in [0.29, 0.717) is 17.8 Å². The highest BCUT2D eigenvalue weighted by Gasteiger charge is 2.09. The van der Waals surface area contributed by atoms with Gasteiger partial charge in [0.2, 0.25) is 0 Å². The van der Waals surface area contributed by atoms with Crippen LogP contribution < -0.4 is 10.6 Å². The van der Waals surface area contributed by atoms with Crippen LogP contribution in [0.5, 0.6) is 0 Å². The van der Waals surface area contributed by atoms with Gasteiger partial charge in [0, 0.05) is 17.8 Å². The normalized spacial score (nSPS) is 10.0. The first kappa shape index (κ1) is 14.9. The Balaban J connectivity index is 2.04. The second-order valence-electron chi connectivity index (χ2n) is 4.12. The van der Waals surface area contributed by atoms with Gasteiger partial charge in [0.1, 0.15) is 10.8 Å². The molecule has 2 N–H and O–H groups in total. The largest absolute Gasteiger partial charge is 0.352 e. The van der Waals surface area contributed by atoms with E-state index in [0.717, 1.165) is 0 Å². The molecule has 0 unspecified atom stereocenters. The molecule has 6 nitrogen and oxygen atoms in total. The van der Waals surface area contributed by atoms with Gasteiger partial charge in [0.25, 0.3) is 11.8 Å². The van der Waals surface area contributed by atoms with Gasteiger partial charge in [-0.2, -0.15) is 0 Å². The van der Waals surface area contributed by atoms with Crippen LogP contribution in [0.1, 0.15) is 27.8 Å². The fraction of sp³-hybridized carbons (Fsp3) is 0.143. The van der Waals surface area contributed by atoms with E-state index >= 15 is 0 Å². The van der Waals surface area contributed by atoms with Crippen molar-refractivity contribution in [3.05, 3.63) is 53.1 Å². The number of carbonyl (C=O) groups is 2. The molecule has 1 heterocycles. The molecule has 1 aromatic heterocycles. The Morgan fingerprint density at radius 3 is 2.38 bits per heavy atom. The van der Waals surface area contributed by atoms with Gasteiger partial charge in [-0.15, -0.1) is 0 Å². The number of halogens is 1. The van der Waals surface area contributed by atoms with Crippen LogP contribution in [0, 0.1) is 0 Å². The molecule has 2 rings (SSSR count). The number of hydrogen-bond acceptors (Lipinski definition) is 4. The highest BCUT2D eigenvalue weighted by molar-refractivity contribution is 6.29. The van der Waals surface area contributed by atoms with Crippen molar-refractivity contribution in [3.63, 3.8) is 0 Å². The van der Waals surface area contributed by atoms with E-state index in [4.69, 9.17) is 11.6 Å². The van der Waals surface area contributed by atoms with Gasteiger partial charge in [0.05, 0.1) is 12.4 Å². The molecule has 0 aliphatic rings. The van der Waals surface area contributed by atoms with Crippen molar-refractivity contribution < 1.29 is 9.59 Å². The van der Waals surface area contributed by atoms with Crippen LogP contribution in [-0.4, -0.2) is 28.3 Å². The van der Waals surface area contributed by atoms with E-state index in [2.05, 4.69) is 20.6 Å². The molecule has 0 atom stereocenters. The number of aromatic nitrogens is 2. The van der Waals surface area contributed by atoms with E-state index in [9.17, 15) is 9.59 Å². The first-order chi connectivity index (χ1) is 10.1. The lowest BCUT2D eigenvalue weighted by Crippen LogP contribution is -2.22. The Morgan fingerprint density at radius 2 is 1.81 bits per heavy atom. The first-order valence-corrected chi connectivity index (χ1v) is 6.65. The zero-order valence-corrected chi connectivity index (χ0v) is 12.0. The molecule has 0 bridgehead atoms. The fourth-order valence-electron chi connectivity index (χ4n) is 1.59. The summed E-state index contributed by atoms with van der Waals surface area (Å²) in [6.45, 7) is 2.41. The van der Waals surface area contributed by atoms with E-state index < -0.39 is 5.91 Å². The van der Waals surface area contributed by atoms with E-state index in [1.165, 1.54) is 12.4 Å². The van der Waals surface area contributed by atoms with Gasteiger partial charge in [0.15, 0.2) is 0 Å². The average Bonchev–Trinajstić information content (AvgIpc) is 2.49. The van der Waals surface area contributed by atoms with E-state index in [1.807, 2.05) is 6.92 Å². The van der Waals surface area contributed by atoms with Gasteiger partial charge in [-0.3, -0.25) is 9.59 Å². The van der Waals surface area contributed by atoms with Crippen molar-refractivity contribution in [2.24, 2.45) is 0 Å². The van der Waals surface area contributed by atoms with Crippen LogP contribution in [0.25, 0.3) is 0 Å². The predicted molar refractivity (Wildman–Crippen MR) is 79.4 cm³/mol. The molecule has 7 heteroatoms. The minimum absolute atomic E-state index is 0.154. The summed E-state index contributed by atoms with van der Waals surface area (Å²) in [5.74, 6) is -0.552. The van der Waals surface area contributed by atoms with Crippen LogP contribution in [0.15, 0.2) is 36.7 Å². The molecule has 0 aliphatic carbocycles. The number of hydrogen-bond donors (Lipinski definition) is 2. The average molecular weight is 305 g/mol. The smallest absolute Gasteiger partial charge is 0.275 e. The zero-order valence-electron chi connectivity index (χ0n) is 11.3. The minimum Gasteiger partial charge on any atom is -0.352 e. The lowest BCUT2D eigenvalue weighted by atomic mass is 10.2. The Bertz CT molecular complexity index is 641. The maximum absolute atomic E-state index is 11.9. The molecule has 1 aromatic carbocycles. The molecule has 2 amide bonds. The maximum atomic E-state index is 11.9.